The van der Waals surface area contributed by atoms with Gasteiger partial charge < -0.3 is 11.1 Å². The van der Waals surface area contributed by atoms with Crippen molar-refractivity contribution < 1.29 is 4.79 Å². The zero-order valence-corrected chi connectivity index (χ0v) is 12.6. The van der Waals surface area contributed by atoms with Crippen LogP contribution in [-0.2, 0) is 16.6 Å². The number of nitrogens with one attached hydrogen (secondary N) is 1. The van der Waals surface area contributed by atoms with Gasteiger partial charge >= 0.3 is 0 Å². The number of carbonyl (C=O) groups is 1. The van der Waals surface area contributed by atoms with E-state index in [1.54, 1.807) is 0 Å². The first kappa shape index (κ1) is 15.1. The minimum Gasteiger partial charge on any atom is -0.399 e. The molecule has 0 atom stereocenters. The minimum atomic E-state index is -0.0853. The lowest BCUT2D eigenvalue weighted by atomic mass is 9.84. The number of benzene rings is 2. The van der Waals surface area contributed by atoms with E-state index in [0.29, 0.717) is 18.7 Å². The monoisotopic (exact) mass is 282 g/mol. The predicted octanol–water partition coefficient (Wildman–Crippen LogP) is 2.91. The minimum absolute atomic E-state index is 0.0313. The van der Waals surface area contributed by atoms with Crippen molar-refractivity contribution in [3.63, 3.8) is 0 Å². The molecule has 0 aliphatic carbocycles. The fourth-order valence-electron chi connectivity index (χ4n) is 2.19. The lowest BCUT2D eigenvalue weighted by molar-refractivity contribution is -0.120. The van der Waals surface area contributed by atoms with Gasteiger partial charge in [-0.15, -0.1) is 0 Å². The summed E-state index contributed by atoms with van der Waals surface area (Å²) in [6.45, 7) is 4.88. The van der Waals surface area contributed by atoms with Gasteiger partial charge in [0.15, 0.2) is 0 Å². The van der Waals surface area contributed by atoms with Crippen molar-refractivity contribution in [3.8, 4) is 0 Å². The van der Waals surface area contributed by atoms with E-state index in [4.69, 9.17) is 5.73 Å². The number of nitrogens with two attached hydrogens (primary N) is 1. The molecule has 0 saturated carbocycles. The summed E-state index contributed by atoms with van der Waals surface area (Å²) in [6.07, 6.45) is 0.380. The van der Waals surface area contributed by atoms with Crippen LogP contribution in [0.15, 0.2) is 54.6 Å². The summed E-state index contributed by atoms with van der Waals surface area (Å²) in [5, 5.41) is 3.01. The summed E-state index contributed by atoms with van der Waals surface area (Å²) in [4.78, 5) is 12.0. The molecule has 0 aliphatic heterocycles. The van der Waals surface area contributed by atoms with Gasteiger partial charge in [0.1, 0.15) is 0 Å². The van der Waals surface area contributed by atoms with Crippen LogP contribution < -0.4 is 11.1 Å². The summed E-state index contributed by atoms with van der Waals surface area (Å²) < 4.78 is 0. The molecule has 0 spiro atoms. The lowest BCUT2D eigenvalue weighted by Gasteiger charge is -2.25. The molecule has 0 heterocycles. The maximum atomic E-state index is 12.0. The smallest absolute Gasteiger partial charge is 0.224 e. The first-order valence-corrected chi connectivity index (χ1v) is 7.14. The topological polar surface area (TPSA) is 55.1 Å². The highest BCUT2D eigenvalue weighted by Crippen LogP contribution is 2.21. The van der Waals surface area contributed by atoms with Gasteiger partial charge in [0.25, 0.3) is 0 Å². The summed E-state index contributed by atoms with van der Waals surface area (Å²) in [5.74, 6) is 0.0313. The molecule has 3 nitrogen and oxygen atoms in total. The zero-order valence-electron chi connectivity index (χ0n) is 12.6. The molecule has 0 aromatic heterocycles. The van der Waals surface area contributed by atoms with Gasteiger partial charge in [0.05, 0.1) is 6.42 Å². The number of rotatable bonds is 5. The standard InChI is InChI=1S/C18H22N2O/c1-18(2,15-6-4-3-5-7-15)13-20-17(21)12-14-8-10-16(19)11-9-14/h3-11H,12-13,19H2,1-2H3,(H,20,21). The Kier molecular flexibility index (Phi) is 4.63. The van der Waals surface area contributed by atoms with Gasteiger partial charge in [-0.3, -0.25) is 4.79 Å². The third-order valence-electron chi connectivity index (χ3n) is 3.63. The van der Waals surface area contributed by atoms with Gasteiger partial charge in [0, 0.05) is 17.6 Å². The number of carbonyl (C=O) groups excluding carboxylic acids is 1. The Labute approximate surface area is 126 Å². The quantitative estimate of drug-likeness (QED) is 0.828. The Morgan fingerprint density at radius 1 is 1.05 bits per heavy atom. The first-order chi connectivity index (χ1) is 9.97. The largest absolute Gasteiger partial charge is 0.399 e. The zero-order chi connectivity index (χ0) is 15.3. The predicted molar refractivity (Wildman–Crippen MR) is 87.0 cm³/mol. The second-order valence-electron chi connectivity index (χ2n) is 5.94. The molecule has 0 aliphatic rings. The Morgan fingerprint density at radius 3 is 2.29 bits per heavy atom. The van der Waals surface area contributed by atoms with Crippen LogP contribution in [0.5, 0.6) is 0 Å². The molecule has 3 heteroatoms. The van der Waals surface area contributed by atoms with E-state index in [9.17, 15) is 4.79 Å². The summed E-state index contributed by atoms with van der Waals surface area (Å²) in [6, 6.07) is 17.6. The summed E-state index contributed by atoms with van der Waals surface area (Å²) in [5.41, 5.74) is 8.46. The second-order valence-corrected chi connectivity index (χ2v) is 5.94. The van der Waals surface area contributed by atoms with Crippen LogP contribution >= 0.6 is 0 Å². The van der Waals surface area contributed by atoms with Crippen LogP contribution in [0.3, 0.4) is 0 Å². The molecule has 110 valence electrons. The van der Waals surface area contributed by atoms with Gasteiger partial charge in [0.2, 0.25) is 5.91 Å². The summed E-state index contributed by atoms with van der Waals surface area (Å²) >= 11 is 0. The van der Waals surface area contributed by atoms with E-state index < -0.39 is 0 Å². The van der Waals surface area contributed by atoms with Crippen molar-refractivity contribution in [2.45, 2.75) is 25.7 Å². The van der Waals surface area contributed by atoms with Crippen molar-refractivity contribution >= 4 is 11.6 Å². The number of amides is 1. The SMILES string of the molecule is CC(C)(CNC(=O)Cc1ccc(N)cc1)c1ccccc1. The molecule has 0 saturated heterocycles. The van der Waals surface area contributed by atoms with Gasteiger partial charge in [-0.2, -0.15) is 0 Å². The van der Waals surface area contributed by atoms with Crippen LogP contribution in [0.2, 0.25) is 0 Å². The van der Waals surface area contributed by atoms with E-state index in [0.717, 1.165) is 5.56 Å². The molecule has 0 bridgehead atoms. The molecule has 2 rings (SSSR count). The molecular formula is C18H22N2O. The fraction of sp³-hybridized carbons (Fsp3) is 0.278. The number of hydrogen-bond donors (Lipinski definition) is 2. The van der Waals surface area contributed by atoms with Gasteiger partial charge in [-0.25, -0.2) is 0 Å². The third kappa shape index (κ3) is 4.35. The average Bonchev–Trinajstić information content (AvgIpc) is 2.49. The Bertz CT molecular complexity index is 588. The average molecular weight is 282 g/mol. The molecule has 21 heavy (non-hydrogen) atoms. The molecular weight excluding hydrogens is 260 g/mol. The molecule has 3 N–H and O–H groups in total. The molecule has 0 fully saturated rings. The van der Waals surface area contributed by atoms with Crippen LogP contribution in [0.4, 0.5) is 5.69 Å². The van der Waals surface area contributed by atoms with Crippen molar-refractivity contribution in [2.75, 3.05) is 12.3 Å². The number of hydrogen-bond acceptors (Lipinski definition) is 2. The third-order valence-corrected chi connectivity index (χ3v) is 3.63. The van der Waals surface area contributed by atoms with Crippen molar-refractivity contribution in [3.05, 3.63) is 65.7 Å². The number of anilines is 1. The Balaban J connectivity index is 1.90. The highest BCUT2D eigenvalue weighted by molar-refractivity contribution is 5.78. The normalized spacial score (nSPS) is 11.1. The van der Waals surface area contributed by atoms with Crippen molar-refractivity contribution in [1.29, 1.82) is 0 Å². The highest BCUT2D eigenvalue weighted by Gasteiger charge is 2.20. The Morgan fingerprint density at radius 2 is 1.67 bits per heavy atom. The molecule has 0 radical (unpaired) electrons. The van der Waals surface area contributed by atoms with Crippen LogP contribution in [0, 0.1) is 0 Å². The molecule has 2 aromatic rings. The van der Waals surface area contributed by atoms with Crippen molar-refractivity contribution in [1.82, 2.24) is 5.32 Å². The van der Waals surface area contributed by atoms with E-state index in [-0.39, 0.29) is 11.3 Å². The van der Waals surface area contributed by atoms with Crippen LogP contribution in [-0.4, -0.2) is 12.5 Å². The summed E-state index contributed by atoms with van der Waals surface area (Å²) in [7, 11) is 0. The van der Waals surface area contributed by atoms with E-state index in [1.165, 1.54) is 5.56 Å². The lowest BCUT2D eigenvalue weighted by Crippen LogP contribution is -2.37. The number of nitrogen functional groups attached to an aromatic ring is 1. The van der Waals surface area contributed by atoms with E-state index in [1.807, 2.05) is 42.5 Å². The van der Waals surface area contributed by atoms with Crippen LogP contribution in [0.25, 0.3) is 0 Å². The van der Waals surface area contributed by atoms with Crippen LogP contribution in [0.1, 0.15) is 25.0 Å². The Hall–Kier alpha value is -2.29. The highest BCUT2D eigenvalue weighted by atomic mass is 16.1. The molecule has 0 unspecified atom stereocenters. The first-order valence-electron chi connectivity index (χ1n) is 7.14. The maximum Gasteiger partial charge on any atom is 0.224 e. The fourth-order valence-corrected chi connectivity index (χ4v) is 2.19. The van der Waals surface area contributed by atoms with Crippen molar-refractivity contribution in [2.24, 2.45) is 0 Å². The van der Waals surface area contributed by atoms with E-state index >= 15 is 0 Å². The molecule has 1 amide bonds. The van der Waals surface area contributed by atoms with E-state index in [2.05, 4.69) is 31.3 Å². The maximum absolute atomic E-state index is 12.0. The van der Waals surface area contributed by atoms with Gasteiger partial charge in [-0.1, -0.05) is 56.3 Å². The van der Waals surface area contributed by atoms with Gasteiger partial charge in [-0.05, 0) is 23.3 Å². The second kappa shape index (κ2) is 6.44. The molecule has 2 aromatic carbocycles.